The molecule has 2 aromatic heterocycles. The zero-order valence-corrected chi connectivity index (χ0v) is 13.1. The summed E-state index contributed by atoms with van der Waals surface area (Å²) in [5, 5.41) is 9.70. The third-order valence-electron chi connectivity index (χ3n) is 3.25. The Balaban J connectivity index is 1.78. The van der Waals surface area contributed by atoms with Crippen molar-refractivity contribution in [1.29, 1.82) is 0 Å². The molecule has 112 valence electrons. The van der Waals surface area contributed by atoms with Crippen LogP contribution in [-0.2, 0) is 6.42 Å². The van der Waals surface area contributed by atoms with E-state index in [1.54, 1.807) is 11.3 Å². The van der Waals surface area contributed by atoms with Crippen molar-refractivity contribution in [2.75, 3.05) is 23.7 Å². The minimum absolute atomic E-state index is 0.654. The molecule has 0 aliphatic rings. The fraction of sp³-hybridized carbons (Fsp3) is 0.176. The van der Waals surface area contributed by atoms with Gasteiger partial charge in [0, 0.05) is 23.4 Å². The van der Waals surface area contributed by atoms with Gasteiger partial charge in [0.1, 0.15) is 5.82 Å². The van der Waals surface area contributed by atoms with Gasteiger partial charge in [-0.1, -0.05) is 24.3 Å². The van der Waals surface area contributed by atoms with Crippen molar-refractivity contribution >= 4 is 34.0 Å². The summed E-state index contributed by atoms with van der Waals surface area (Å²) in [6, 6.07) is 12.2. The second-order valence-electron chi connectivity index (χ2n) is 4.84. The summed E-state index contributed by atoms with van der Waals surface area (Å²) in [4.78, 5) is 10.5. The summed E-state index contributed by atoms with van der Waals surface area (Å²) >= 11 is 1.77. The number of para-hydroxylation sites is 1. The molecule has 0 radical (unpaired) electrons. The summed E-state index contributed by atoms with van der Waals surface area (Å²) in [5.74, 6) is 1.49. The average Bonchev–Trinajstić information content (AvgIpc) is 3.06. The maximum Gasteiger partial charge on any atom is 0.225 e. The topological polar surface area (TPSA) is 49.8 Å². The van der Waals surface area contributed by atoms with E-state index < -0.39 is 0 Å². The first-order valence-corrected chi connectivity index (χ1v) is 8.12. The molecule has 5 heteroatoms. The highest BCUT2D eigenvalue weighted by Gasteiger charge is 2.06. The molecule has 0 saturated heterocycles. The predicted molar refractivity (Wildman–Crippen MR) is 94.7 cm³/mol. The molecule has 3 rings (SSSR count). The molecule has 0 aliphatic carbocycles. The standard InChI is InChI=1S/C17H18N4S/c1-2-10-18-16-14-7-3-4-8-15(14)20-17(21-16)19-11-9-13-6-5-12-22-13/h2-8,12H,1,9-11H2,(H2,18,19,20,21). The molecule has 0 saturated carbocycles. The van der Waals surface area contributed by atoms with Crippen LogP contribution in [0.15, 0.2) is 54.4 Å². The number of rotatable bonds is 7. The van der Waals surface area contributed by atoms with Crippen LogP contribution in [0.2, 0.25) is 0 Å². The number of nitrogens with one attached hydrogen (secondary N) is 2. The largest absolute Gasteiger partial charge is 0.366 e. The average molecular weight is 310 g/mol. The van der Waals surface area contributed by atoms with Crippen molar-refractivity contribution < 1.29 is 0 Å². The van der Waals surface area contributed by atoms with Crippen molar-refractivity contribution in [2.24, 2.45) is 0 Å². The Labute approximate surface area is 133 Å². The first-order chi connectivity index (χ1) is 10.9. The second kappa shape index (κ2) is 7.04. The smallest absolute Gasteiger partial charge is 0.225 e. The molecule has 2 heterocycles. The quantitative estimate of drug-likeness (QED) is 0.649. The molecular formula is C17H18N4S. The molecule has 4 nitrogen and oxygen atoms in total. The molecule has 0 fully saturated rings. The molecule has 0 atom stereocenters. The van der Waals surface area contributed by atoms with E-state index in [0.29, 0.717) is 12.5 Å². The van der Waals surface area contributed by atoms with Gasteiger partial charge in [0.05, 0.1) is 5.52 Å². The summed E-state index contributed by atoms with van der Waals surface area (Å²) in [6.07, 6.45) is 2.80. The number of hydrogen-bond acceptors (Lipinski definition) is 5. The Morgan fingerprint density at radius 3 is 2.82 bits per heavy atom. The first-order valence-electron chi connectivity index (χ1n) is 7.24. The van der Waals surface area contributed by atoms with Crippen molar-refractivity contribution in [1.82, 2.24) is 9.97 Å². The zero-order chi connectivity index (χ0) is 15.2. The Kier molecular flexibility index (Phi) is 4.65. The number of thiophene rings is 1. The molecule has 1 aromatic carbocycles. The number of anilines is 2. The van der Waals surface area contributed by atoms with Crippen molar-refractivity contribution in [3.05, 3.63) is 59.3 Å². The highest BCUT2D eigenvalue weighted by Crippen LogP contribution is 2.21. The molecule has 2 N–H and O–H groups in total. The van der Waals surface area contributed by atoms with Crippen LogP contribution in [0.1, 0.15) is 4.88 Å². The fourth-order valence-electron chi connectivity index (χ4n) is 2.21. The molecular weight excluding hydrogens is 292 g/mol. The lowest BCUT2D eigenvalue weighted by Crippen LogP contribution is -2.10. The van der Waals surface area contributed by atoms with Crippen LogP contribution in [0.4, 0.5) is 11.8 Å². The zero-order valence-electron chi connectivity index (χ0n) is 12.2. The summed E-state index contributed by atoms with van der Waals surface area (Å²) in [7, 11) is 0. The number of nitrogens with zero attached hydrogens (tertiary/aromatic N) is 2. The number of hydrogen-bond donors (Lipinski definition) is 2. The second-order valence-corrected chi connectivity index (χ2v) is 5.87. The van der Waals surface area contributed by atoms with Crippen molar-refractivity contribution in [3.8, 4) is 0 Å². The summed E-state index contributed by atoms with van der Waals surface area (Å²) < 4.78 is 0. The van der Waals surface area contributed by atoms with E-state index in [-0.39, 0.29) is 0 Å². The van der Waals surface area contributed by atoms with Gasteiger partial charge in [-0.05, 0) is 30.0 Å². The van der Waals surface area contributed by atoms with Gasteiger partial charge >= 0.3 is 0 Å². The van der Waals surface area contributed by atoms with Crippen LogP contribution in [-0.4, -0.2) is 23.1 Å². The van der Waals surface area contributed by atoms with Crippen LogP contribution in [0.5, 0.6) is 0 Å². The molecule has 0 aliphatic heterocycles. The molecule has 0 unspecified atom stereocenters. The maximum absolute atomic E-state index is 4.58. The van der Waals surface area contributed by atoms with E-state index in [9.17, 15) is 0 Å². The fourth-order valence-corrected chi connectivity index (χ4v) is 2.92. The highest BCUT2D eigenvalue weighted by atomic mass is 32.1. The van der Waals surface area contributed by atoms with Gasteiger partial charge < -0.3 is 10.6 Å². The Morgan fingerprint density at radius 2 is 2.00 bits per heavy atom. The van der Waals surface area contributed by atoms with Crippen LogP contribution < -0.4 is 10.6 Å². The van der Waals surface area contributed by atoms with Crippen molar-refractivity contribution in [2.45, 2.75) is 6.42 Å². The van der Waals surface area contributed by atoms with Gasteiger partial charge in [-0.15, -0.1) is 17.9 Å². The SMILES string of the molecule is C=CCNc1nc(NCCc2cccs2)nc2ccccc12. The minimum Gasteiger partial charge on any atom is -0.366 e. The van der Waals surface area contributed by atoms with E-state index >= 15 is 0 Å². The van der Waals surface area contributed by atoms with Gasteiger partial charge in [-0.25, -0.2) is 4.98 Å². The lowest BCUT2D eigenvalue weighted by atomic mass is 10.2. The lowest BCUT2D eigenvalue weighted by Gasteiger charge is -2.10. The van der Waals surface area contributed by atoms with Gasteiger partial charge in [-0.2, -0.15) is 4.98 Å². The van der Waals surface area contributed by atoms with E-state index in [4.69, 9.17) is 0 Å². The third kappa shape index (κ3) is 3.43. The van der Waals surface area contributed by atoms with Gasteiger partial charge in [-0.3, -0.25) is 0 Å². The monoisotopic (exact) mass is 310 g/mol. The Hall–Kier alpha value is -2.40. The van der Waals surface area contributed by atoms with Crippen LogP contribution in [0, 0.1) is 0 Å². The van der Waals surface area contributed by atoms with E-state index in [1.165, 1.54) is 4.88 Å². The van der Waals surface area contributed by atoms with E-state index in [0.717, 1.165) is 29.7 Å². The molecule has 0 bridgehead atoms. The Morgan fingerprint density at radius 1 is 1.09 bits per heavy atom. The summed E-state index contributed by atoms with van der Waals surface area (Å²) in [6.45, 7) is 5.23. The number of aromatic nitrogens is 2. The highest BCUT2D eigenvalue weighted by molar-refractivity contribution is 7.09. The van der Waals surface area contributed by atoms with Crippen LogP contribution >= 0.6 is 11.3 Å². The normalized spacial score (nSPS) is 10.5. The van der Waals surface area contributed by atoms with Gasteiger partial charge in [0.15, 0.2) is 0 Å². The molecule has 0 spiro atoms. The third-order valence-corrected chi connectivity index (χ3v) is 4.19. The number of benzene rings is 1. The maximum atomic E-state index is 4.58. The Bertz CT molecular complexity index is 752. The van der Waals surface area contributed by atoms with Crippen LogP contribution in [0.25, 0.3) is 10.9 Å². The van der Waals surface area contributed by atoms with Crippen LogP contribution in [0.3, 0.4) is 0 Å². The molecule has 22 heavy (non-hydrogen) atoms. The first kappa shape index (κ1) is 14.5. The molecule has 3 aromatic rings. The van der Waals surface area contributed by atoms with Crippen molar-refractivity contribution in [3.63, 3.8) is 0 Å². The van der Waals surface area contributed by atoms with Gasteiger partial charge in [0.25, 0.3) is 0 Å². The van der Waals surface area contributed by atoms with E-state index in [2.05, 4.69) is 44.7 Å². The minimum atomic E-state index is 0.654. The predicted octanol–water partition coefficient (Wildman–Crippen LogP) is 3.94. The molecule has 0 amide bonds. The summed E-state index contributed by atoms with van der Waals surface area (Å²) in [5.41, 5.74) is 0.933. The number of fused-ring (bicyclic) bond motifs is 1. The lowest BCUT2D eigenvalue weighted by molar-refractivity contribution is 1.01. The van der Waals surface area contributed by atoms with Gasteiger partial charge in [0.2, 0.25) is 5.95 Å². The van der Waals surface area contributed by atoms with E-state index in [1.807, 2.05) is 30.3 Å².